The van der Waals surface area contributed by atoms with Gasteiger partial charge in [-0.3, -0.25) is 0 Å². The Bertz CT molecular complexity index is 2510. The van der Waals surface area contributed by atoms with Crippen LogP contribution in [0.3, 0.4) is 0 Å². The van der Waals surface area contributed by atoms with Gasteiger partial charge in [0, 0.05) is 28.4 Å². The van der Waals surface area contributed by atoms with E-state index in [0.29, 0.717) is 5.92 Å². The normalized spacial score (nSPS) is 15.9. The molecule has 0 bridgehead atoms. The lowest BCUT2D eigenvalue weighted by Crippen LogP contribution is -2.16. The number of anilines is 3. The van der Waals surface area contributed by atoms with Crippen LogP contribution in [-0.4, -0.2) is 0 Å². The van der Waals surface area contributed by atoms with Crippen LogP contribution in [-0.2, 0) is 5.41 Å². The summed E-state index contributed by atoms with van der Waals surface area (Å²) >= 11 is 0. The molecule has 0 aromatic heterocycles. The Morgan fingerprint density at radius 1 is 0.520 bits per heavy atom. The lowest BCUT2D eigenvalue weighted by molar-refractivity contribution is 0.661. The van der Waals surface area contributed by atoms with E-state index in [0.717, 1.165) is 17.8 Å². The third-order valence-electron chi connectivity index (χ3n) is 11.3. The lowest BCUT2D eigenvalue weighted by atomic mass is 9.81. The molecular weight excluding hydrogens is 603 g/mol. The zero-order valence-electron chi connectivity index (χ0n) is 28.4. The van der Waals surface area contributed by atoms with Crippen molar-refractivity contribution in [1.29, 1.82) is 0 Å². The first-order valence-corrected chi connectivity index (χ1v) is 17.8. The summed E-state index contributed by atoms with van der Waals surface area (Å²) < 4.78 is 0. The standard InChI is InChI=1S/C49H37N/c1-49(2)45-30-38(28-29-42(45)48-43-19-11-18-41-39-16-9-10-17-40(39)44(47(41)43)31-46(48)49)50(36-24-20-34(21-25-36)32-12-5-3-6-13-32)37-26-22-35(23-27-37)33-14-7-4-8-15-33/h3-14,16-31,33H,15H2,1-2H3. The molecule has 0 N–H and O–H groups in total. The maximum absolute atomic E-state index is 2.50. The van der Waals surface area contributed by atoms with E-state index < -0.39 is 0 Å². The largest absolute Gasteiger partial charge is 0.310 e. The van der Waals surface area contributed by atoms with Crippen LogP contribution in [0.25, 0.3) is 55.3 Å². The summed E-state index contributed by atoms with van der Waals surface area (Å²) in [4.78, 5) is 2.43. The quantitative estimate of drug-likeness (QED) is 0.181. The van der Waals surface area contributed by atoms with Gasteiger partial charge in [0.1, 0.15) is 0 Å². The summed E-state index contributed by atoms with van der Waals surface area (Å²) in [5.74, 6) is 0.422. The summed E-state index contributed by atoms with van der Waals surface area (Å²) in [6, 6.07) is 54.3. The van der Waals surface area contributed by atoms with Gasteiger partial charge in [-0.2, -0.15) is 0 Å². The maximum atomic E-state index is 2.50. The summed E-state index contributed by atoms with van der Waals surface area (Å²) in [5.41, 5.74) is 18.1. The van der Waals surface area contributed by atoms with Crippen molar-refractivity contribution in [3.63, 3.8) is 0 Å². The molecule has 1 heteroatoms. The summed E-state index contributed by atoms with van der Waals surface area (Å²) in [7, 11) is 0. The van der Waals surface area contributed by atoms with Crippen LogP contribution in [0.2, 0.25) is 0 Å². The van der Waals surface area contributed by atoms with Crippen LogP contribution in [0.1, 0.15) is 42.9 Å². The Morgan fingerprint density at radius 2 is 1.18 bits per heavy atom. The van der Waals surface area contributed by atoms with Crippen molar-refractivity contribution in [1.82, 2.24) is 0 Å². The molecule has 1 nitrogen and oxygen atoms in total. The minimum atomic E-state index is -0.160. The third kappa shape index (κ3) is 4.33. The molecule has 0 heterocycles. The molecule has 3 aliphatic carbocycles. The average molecular weight is 640 g/mol. The first kappa shape index (κ1) is 29.0. The molecule has 50 heavy (non-hydrogen) atoms. The molecule has 0 radical (unpaired) electrons. The van der Waals surface area contributed by atoms with Gasteiger partial charge in [0.25, 0.3) is 0 Å². The van der Waals surface area contributed by atoms with Gasteiger partial charge in [0.15, 0.2) is 0 Å². The zero-order valence-corrected chi connectivity index (χ0v) is 28.4. The van der Waals surface area contributed by atoms with Gasteiger partial charge in [0.2, 0.25) is 0 Å². The SMILES string of the molecule is CC1(C)c2cc(N(c3ccc(-c4ccccc4)cc3)c3ccc(C4C=CC=CC4)cc3)ccc2-c2c1cc1c3c(cccc23)-c2ccccc2-1. The predicted octanol–water partition coefficient (Wildman–Crippen LogP) is 13.5. The van der Waals surface area contributed by atoms with Crippen LogP contribution in [0.5, 0.6) is 0 Å². The van der Waals surface area contributed by atoms with Gasteiger partial charge >= 0.3 is 0 Å². The molecule has 0 saturated heterocycles. The van der Waals surface area contributed by atoms with E-state index in [1.165, 1.54) is 77.7 Å². The van der Waals surface area contributed by atoms with E-state index >= 15 is 0 Å². The Labute approximate surface area is 294 Å². The number of allylic oxidation sites excluding steroid dienone is 4. The van der Waals surface area contributed by atoms with Gasteiger partial charge in [0.05, 0.1) is 0 Å². The van der Waals surface area contributed by atoms with Gasteiger partial charge in [-0.05, 0) is 121 Å². The highest BCUT2D eigenvalue weighted by Crippen LogP contribution is 2.58. The second kappa shape index (κ2) is 11.1. The van der Waals surface area contributed by atoms with E-state index in [9.17, 15) is 0 Å². The fourth-order valence-electron chi connectivity index (χ4n) is 8.79. The molecule has 10 rings (SSSR count). The van der Waals surface area contributed by atoms with Crippen molar-refractivity contribution in [2.24, 2.45) is 0 Å². The van der Waals surface area contributed by atoms with Crippen molar-refractivity contribution < 1.29 is 0 Å². The highest BCUT2D eigenvalue weighted by atomic mass is 15.1. The lowest BCUT2D eigenvalue weighted by Gasteiger charge is -2.28. The molecule has 7 aromatic rings. The minimum Gasteiger partial charge on any atom is -0.310 e. The van der Waals surface area contributed by atoms with Crippen molar-refractivity contribution in [2.75, 3.05) is 4.90 Å². The second-order valence-corrected chi connectivity index (χ2v) is 14.5. The number of hydrogen-bond acceptors (Lipinski definition) is 1. The van der Waals surface area contributed by atoms with Crippen molar-refractivity contribution in [2.45, 2.75) is 31.6 Å². The van der Waals surface area contributed by atoms with Crippen LogP contribution in [0, 0.1) is 0 Å². The number of hydrogen-bond donors (Lipinski definition) is 0. The molecular formula is C49H37N. The number of nitrogens with zero attached hydrogens (tertiary/aromatic N) is 1. The van der Waals surface area contributed by atoms with Crippen molar-refractivity contribution in [3.05, 3.63) is 187 Å². The Kier molecular flexibility index (Phi) is 6.42. The maximum Gasteiger partial charge on any atom is 0.0465 e. The summed E-state index contributed by atoms with van der Waals surface area (Å²) in [6.45, 7) is 4.81. The number of benzene rings is 7. The first-order valence-electron chi connectivity index (χ1n) is 17.8. The summed E-state index contributed by atoms with van der Waals surface area (Å²) in [6.07, 6.45) is 9.93. The van der Waals surface area contributed by atoms with Crippen LogP contribution in [0.15, 0.2) is 170 Å². The molecule has 7 aromatic carbocycles. The predicted molar refractivity (Wildman–Crippen MR) is 212 cm³/mol. The van der Waals surface area contributed by atoms with Gasteiger partial charge < -0.3 is 4.90 Å². The molecule has 1 atom stereocenters. The van der Waals surface area contributed by atoms with E-state index in [-0.39, 0.29) is 5.41 Å². The highest BCUT2D eigenvalue weighted by Gasteiger charge is 2.39. The molecule has 0 saturated carbocycles. The molecule has 0 amide bonds. The summed E-state index contributed by atoms with van der Waals surface area (Å²) in [5, 5.41) is 2.75. The van der Waals surface area contributed by atoms with Crippen LogP contribution in [0.4, 0.5) is 17.1 Å². The van der Waals surface area contributed by atoms with E-state index in [1.54, 1.807) is 0 Å². The molecule has 238 valence electrons. The average Bonchev–Trinajstić information content (AvgIpc) is 3.62. The Hall–Kier alpha value is -5.92. The molecule has 1 unspecified atom stereocenters. The highest BCUT2D eigenvalue weighted by molar-refractivity contribution is 6.20. The fraction of sp³-hybridized carbons (Fsp3) is 0.102. The molecule has 0 aliphatic heterocycles. The van der Waals surface area contributed by atoms with E-state index in [1.807, 2.05) is 0 Å². The topological polar surface area (TPSA) is 3.24 Å². The zero-order chi connectivity index (χ0) is 33.4. The molecule has 0 spiro atoms. The Morgan fingerprint density at radius 3 is 1.92 bits per heavy atom. The van der Waals surface area contributed by atoms with Crippen LogP contribution < -0.4 is 4.90 Å². The fourth-order valence-corrected chi connectivity index (χ4v) is 8.79. The third-order valence-corrected chi connectivity index (χ3v) is 11.3. The van der Waals surface area contributed by atoms with Gasteiger partial charge in [-0.15, -0.1) is 0 Å². The molecule has 0 fully saturated rings. The van der Waals surface area contributed by atoms with E-state index in [2.05, 4.69) is 189 Å². The number of rotatable bonds is 5. The minimum absolute atomic E-state index is 0.160. The van der Waals surface area contributed by atoms with Gasteiger partial charge in [-0.25, -0.2) is 0 Å². The Balaban J connectivity index is 1.12. The monoisotopic (exact) mass is 639 g/mol. The van der Waals surface area contributed by atoms with Crippen molar-refractivity contribution >= 4 is 27.8 Å². The van der Waals surface area contributed by atoms with Crippen LogP contribution >= 0.6 is 0 Å². The first-order chi connectivity index (χ1) is 24.6. The van der Waals surface area contributed by atoms with E-state index in [4.69, 9.17) is 0 Å². The number of fused-ring (bicyclic) bond motifs is 7. The smallest absolute Gasteiger partial charge is 0.0465 e. The van der Waals surface area contributed by atoms with Gasteiger partial charge in [-0.1, -0.05) is 141 Å². The van der Waals surface area contributed by atoms with Crippen molar-refractivity contribution in [3.8, 4) is 44.5 Å². The molecule has 3 aliphatic rings. The second-order valence-electron chi connectivity index (χ2n) is 14.5.